The van der Waals surface area contributed by atoms with Gasteiger partial charge in [-0.2, -0.15) is 0 Å². The number of aryl methyl sites for hydroxylation is 2. The van der Waals surface area contributed by atoms with Gasteiger partial charge >= 0.3 is 0 Å². The third kappa shape index (κ3) is 4.94. The van der Waals surface area contributed by atoms with Gasteiger partial charge in [-0.15, -0.1) is 0 Å². The average Bonchev–Trinajstić information content (AvgIpc) is 2.41. The second-order valence-electron chi connectivity index (χ2n) is 5.33. The highest BCUT2D eigenvalue weighted by Crippen LogP contribution is 2.19. The zero-order chi connectivity index (χ0) is 15.1. The number of carbonyl (C=O) groups is 1. The van der Waals surface area contributed by atoms with Gasteiger partial charge in [0.15, 0.2) is 0 Å². The van der Waals surface area contributed by atoms with Crippen LogP contribution in [0.4, 0.5) is 0 Å². The Balaban J connectivity index is 2.58. The van der Waals surface area contributed by atoms with Crippen LogP contribution in [0.1, 0.15) is 42.5 Å². The van der Waals surface area contributed by atoms with E-state index in [1.54, 1.807) is 7.11 Å². The first-order chi connectivity index (χ1) is 9.45. The Morgan fingerprint density at radius 2 is 2.10 bits per heavy atom. The number of methoxy groups -OCH3 is 1. The summed E-state index contributed by atoms with van der Waals surface area (Å²) in [6.45, 7) is 6.72. The summed E-state index contributed by atoms with van der Waals surface area (Å²) in [5, 5.41) is 2.99. The fourth-order valence-electron chi connectivity index (χ4n) is 2.20. The van der Waals surface area contributed by atoms with Gasteiger partial charge in [0.05, 0.1) is 12.1 Å². The molecule has 1 aromatic carbocycles. The maximum Gasteiger partial charge on any atom is 0.237 e. The van der Waals surface area contributed by atoms with E-state index in [0.29, 0.717) is 13.0 Å². The van der Waals surface area contributed by atoms with E-state index in [2.05, 4.69) is 30.4 Å². The summed E-state index contributed by atoms with van der Waals surface area (Å²) >= 11 is 0. The minimum atomic E-state index is -0.474. The third-order valence-corrected chi connectivity index (χ3v) is 3.46. The zero-order valence-electron chi connectivity index (χ0n) is 12.9. The van der Waals surface area contributed by atoms with Gasteiger partial charge < -0.3 is 15.8 Å². The second kappa shape index (κ2) is 8.02. The van der Waals surface area contributed by atoms with Crippen molar-refractivity contribution in [2.24, 2.45) is 5.73 Å². The van der Waals surface area contributed by atoms with E-state index in [1.165, 1.54) is 11.1 Å². The Hall–Kier alpha value is -1.39. The second-order valence-corrected chi connectivity index (χ2v) is 5.33. The topological polar surface area (TPSA) is 64.3 Å². The van der Waals surface area contributed by atoms with Gasteiger partial charge in [-0.25, -0.2) is 0 Å². The minimum absolute atomic E-state index is 0.0316. The first kappa shape index (κ1) is 16.7. The summed E-state index contributed by atoms with van der Waals surface area (Å²) in [6.07, 6.45) is 1.43. The smallest absolute Gasteiger partial charge is 0.237 e. The van der Waals surface area contributed by atoms with Gasteiger partial charge in [0.2, 0.25) is 5.91 Å². The van der Waals surface area contributed by atoms with Gasteiger partial charge in [0, 0.05) is 13.7 Å². The van der Waals surface area contributed by atoms with Crippen LogP contribution in [0.15, 0.2) is 18.2 Å². The molecule has 0 bridgehead atoms. The van der Waals surface area contributed by atoms with Crippen molar-refractivity contribution in [3.63, 3.8) is 0 Å². The highest BCUT2D eigenvalue weighted by Gasteiger charge is 2.17. The standard InChI is InChI=1S/C16H26N2O2/c1-11-7-8-12(2)14(10-11)13(3)18-16(19)15(17)6-5-9-20-4/h7-8,10,13,15H,5-6,9,17H2,1-4H3,(H,18,19). The van der Waals surface area contributed by atoms with Crippen molar-refractivity contribution in [1.82, 2.24) is 5.32 Å². The number of amides is 1. The lowest BCUT2D eigenvalue weighted by Crippen LogP contribution is -2.41. The van der Waals surface area contributed by atoms with Crippen molar-refractivity contribution in [2.75, 3.05) is 13.7 Å². The molecule has 0 saturated carbocycles. The predicted molar refractivity (Wildman–Crippen MR) is 81.6 cm³/mol. The van der Waals surface area contributed by atoms with Gasteiger partial charge in [0.25, 0.3) is 0 Å². The molecule has 20 heavy (non-hydrogen) atoms. The summed E-state index contributed by atoms with van der Waals surface area (Å²) in [6, 6.07) is 5.75. The molecule has 0 heterocycles. The van der Waals surface area contributed by atoms with Crippen molar-refractivity contribution in [1.29, 1.82) is 0 Å². The lowest BCUT2D eigenvalue weighted by molar-refractivity contribution is -0.123. The van der Waals surface area contributed by atoms with Crippen LogP contribution in [0.5, 0.6) is 0 Å². The first-order valence-electron chi connectivity index (χ1n) is 7.07. The molecule has 1 amide bonds. The van der Waals surface area contributed by atoms with E-state index >= 15 is 0 Å². The summed E-state index contributed by atoms with van der Waals surface area (Å²) in [5.74, 6) is -0.102. The number of ether oxygens (including phenoxy) is 1. The molecule has 3 N–H and O–H groups in total. The Labute approximate surface area is 121 Å². The summed E-state index contributed by atoms with van der Waals surface area (Å²) in [4.78, 5) is 12.0. The number of carbonyl (C=O) groups excluding carboxylic acids is 1. The van der Waals surface area contributed by atoms with E-state index in [4.69, 9.17) is 10.5 Å². The van der Waals surface area contributed by atoms with Gasteiger partial charge in [-0.1, -0.05) is 23.8 Å². The molecular formula is C16H26N2O2. The molecule has 0 radical (unpaired) electrons. The Morgan fingerprint density at radius 3 is 2.75 bits per heavy atom. The van der Waals surface area contributed by atoms with Crippen LogP contribution in [0.2, 0.25) is 0 Å². The van der Waals surface area contributed by atoms with Crippen LogP contribution in [0, 0.1) is 13.8 Å². The Morgan fingerprint density at radius 1 is 1.40 bits per heavy atom. The SMILES string of the molecule is COCCCC(N)C(=O)NC(C)c1cc(C)ccc1C. The van der Waals surface area contributed by atoms with Crippen molar-refractivity contribution in [2.45, 2.75) is 45.7 Å². The van der Waals surface area contributed by atoms with E-state index in [9.17, 15) is 4.79 Å². The van der Waals surface area contributed by atoms with Gasteiger partial charge in [-0.3, -0.25) is 4.79 Å². The van der Waals surface area contributed by atoms with Gasteiger partial charge in [0.1, 0.15) is 0 Å². The average molecular weight is 278 g/mol. The normalized spacial score (nSPS) is 13.8. The van der Waals surface area contributed by atoms with Crippen molar-refractivity contribution < 1.29 is 9.53 Å². The molecule has 0 aromatic heterocycles. The third-order valence-electron chi connectivity index (χ3n) is 3.46. The number of hydrogen-bond donors (Lipinski definition) is 2. The maximum absolute atomic E-state index is 12.0. The van der Waals surface area contributed by atoms with Crippen molar-refractivity contribution in [3.05, 3.63) is 34.9 Å². The summed E-state index contributed by atoms with van der Waals surface area (Å²) in [7, 11) is 1.65. The van der Waals surface area contributed by atoms with Crippen LogP contribution in [-0.2, 0) is 9.53 Å². The van der Waals surface area contributed by atoms with Crippen LogP contribution in [0.25, 0.3) is 0 Å². The summed E-state index contributed by atoms with van der Waals surface area (Å²) < 4.78 is 4.96. The molecule has 0 spiro atoms. The zero-order valence-corrected chi connectivity index (χ0v) is 12.9. The molecule has 4 nitrogen and oxygen atoms in total. The van der Waals surface area contributed by atoms with Crippen molar-refractivity contribution >= 4 is 5.91 Å². The van der Waals surface area contributed by atoms with Crippen LogP contribution in [0.3, 0.4) is 0 Å². The molecule has 2 unspecified atom stereocenters. The number of hydrogen-bond acceptors (Lipinski definition) is 3. The molecule has 0 fully saturated rings. The molecule has 1 aromatic rings. The molecule has 2 atom stereocenters. The number of nitrogens with one attached hydrogen (secondary N) is 1. The quantitative estimate of drug-likeness (QED) is 0.752. The molecule has 0 aliphatic heterocycles. The highest BCUT2D eigenvalue weighted by molar-refractivity contribution is 5.81. The molecule has 4 heteroatoms. The number of nitrogens with two attached hydrogens (primary N) is 1. The fourth-order valence-corrected chi connectivity index (χ4v) is 2.20. The first-order valence-corrected chi connectivity index (χ1v) is 7.07. The van der Waals surface area contributed by atoms with E-state index in [1.807, 2.05) is 13.8 Å². The number of benzene rings is 1. The Bertz CT molecular complexity index is 446. The lowest BCUT2D eigenvalue weighted by Gasteiger charge is -2.20. The van der Waals surface area contributed by atoms with Gasteiger partial charge in [-0.05, 0) is 44.7 Å². The molecule has 0 saturated heterocycles. The maximum atomic E-state index is 12.0. The van der Waals surface area contributed by atoms with Crippen LogP contribution < -0.4 is 11.1 Å². The van der Waals surface area contributed by atoms with Crippen LogP contribution >= 0.6 is 0 Å². The predicted octanol–water partition coefficient (Wildman–Crippen LogP) is 2.23. The van der Waals surface area contributed by atoms with E-state index < -0.39 is 6.04 Å². The van der Waals surface area contributed by atoms with Crippen LogP contribution in [-0.4, -0.2) is 25.7 Å². The monoisotopic (exact) mass is 278 g/mol. The molecular weight excluding hydrogens is 252 g/mol. The number of rotatable bonds is 7. The van der Waals surface area contributed by atoms with E-state index in [0.717, 1.165) is 12.0 Å². The fraction of sp³-hybridized carbons (Fsp3) is 0.562. The van der Waals surface area contributed by atoms with E-state index in [-0.39, 0.29) is 11.9 Å². The Kier molecular flexibility index (Phi) is 6.68. The summed E-state index contributed by atoms with van der Waals surface area (Å²) in [5.41, 5.74) is 9.39. The minimum Gasteiger partial charge on any atom is -0.385 e. The molecule has 1 rings (SSSR count). The van der Waals surface area contributed by atoms with Crippen molar-refractivity contribution in [3.8, 4) is 0 Å². The lowest BCUT2D eigenvalue weighted by atomic mass is 9.99. The molecule has 112 valence electrons. The largest absolute Gasteiger partial charge is 0.385 e. The highest BCUT2D eigenvalue weighted by atomic mass is 16.5. The molecule has 0 aliphatic carbocycles. The molecule has 0 aliphatic rings.